The molecule has 0 spiro atoms. The maximum atomic E-state index is 12.4. The molecule has 84 valence electrons. The average Bonchev–Trinajstić information content (AvgIpc) is 2.39. The van der Waals surface area contributed by atoms with Crippen molar-refractivity contribution >= 4 is 12.4 Å². The van der Waals surface area contributed by atoms with E-state index in [-0.39, 0.29) is 0 Å². The normalized spacial score (nSPS) is 13.2. The van der Waals surface area contributed by atoms with Gasteiger partial charge in [-0.3, -0.25) is 0 Å². The Balaban J connectivity index is 2.31. The molecule has 0 heterocycles. The molecule has 2 heteroatoms. The minimum atomic E-state index is -2.57. The van der Waals surface area contributed by atoms with E-state index in [1.807, 2.05) is 60.7 Å². The Kier molecular flexibility index (Phi) is 3.47. The van der Waals surface area contributed by atoms with Crippen molar-refractivity contribution in [3.05, 3.63) is 66.2 Å². The number of benzene rings is 2. The molecule has 2 aromatic carbocycles. The van der Waals surface area contributed by atoms with Gasteiger partial charge in [-0.1, -0.05) is 54.5 Å². The highest BCUT2D eigenvalue weighted by molar-refractivity contribution is 7.75. The van der Waals surface area contributed by atoms with Gasteiger partial charge in [0.2, 0.25) is 0 Å². The molecule has 0 amide bonds. The van der Waals surface area contributed by atoms with Crippen molar-refractivity contribution in [1.29, 1.82) is 0 Å². The van der Waals surface area contributed by atoms with Crippen molar-refractivity contribution in [3.8, 4) is 11.6 Å². The van der Waals surface area contributed by atoms with Crippen molar-refractivity contribution in [2.24, 2.45) is 0 Å². The molecule has 0 N–H and O–H groups in total. The monoisotopic (exact) mass is 240 g/mol. The summed E-state index contributed by atoms with van der Waals surface area (Å²) in [5.41, 5.74) is 3.79. The largest absolute Gasteiger partial charge is 0.305 e. The average molecular weight is 240 g/mol. The van der Waals surface area contributed by atoms with Crippen LogP contribution in [-0.2, 0) is 4.57 Å². The molecule has 0 aliphatic carbocycles. The Morgan fingerprint density at radius 1 is 0.882 bits per heavy atom. The van der Waals surface area contributed by atoms with Gasteiger partial charge in [0.1, 0.15) is 0 Å². The molecule has 0 radical (unpaired) electrons. The molecule has 17 heavy (non-hydrogen) atoms. The zero-order valence-corrected chi connectivity index (χ0v) is 10.5. The first-order chi connectivity index (χ1) is 8.18. The molecule has 0 unspecified atom stereocenters. The second-order valence-corrected chi connectivity index (χ2v) is 6.45. The maximum absolute atomic E-state index is 12.4. The fourth-order valence-electron chi connectivity index (χ4n) is 1.47. The lowest BCUT2D eigenvalue weighted by atomic mass is 10.2. The van der Waals surface area contributed by atoms with E-state index in [0.717, 1.165) is 10.9 Å². The van der Waals surface area contributed by atoms with E-state index < -0.39 is 7.14 Å². The fraction of sp³-hybridized carbons (Fsp3) is 0.0667. The van der Waals surface area contributed by atoms with Gasteiger partial charge < -0.3 is 4.57 Å². The Morgan fingerprint density at radius 3 is 2.00 bits per heavy atom. The summed E-state index contributed by atoms with van der Waals surface area (Å²) < 4.78 is 12.4. The molecule has 1 atom stereocenters. The van der Waals surface area contributed by atoms with Gasteiger partial charge in [0, 0.05) is 17.5 Å². The first-order valence-electron chi connectivity index (χ1n) is 5.40. The highest BCUT2D eigenvalue weighted by Crippen LogP contribution is 2.38. The minimum absolute atomic E-state index is 0.809. The first-order valence-corrected chi connectivity index (χ1v) is 7.55. The standard InChI is InChI=1S/C15H13OP/c1-17(16,15-10-6-3-7-11-15)13-12-14-8-4-2-5-9-14/h2-11H,1H3/t17-/m0/s1. The zero-order valence-electron chi connectivity index (χ0n) is 9.63. The molecule has 2 rings (SSSR count). The summed E-state index contributed by atoms with van der Waals surface area (Å²) in [5, 5.41) is 0.809. The lowest BCUT2D eigenvalue weighted by Crippen LogP contribution is -2.00. The van der Waals surface area contributed by atoms with Gasteiger partial charge in [-0.2, -0.15) is 0 Å². The highest BCUT2D eigenvalue weighted by atomic mass is 31.2. The molecular formula is C15H13OP. The molecule has 0 bridgehead atoms. The summed E-state index contributed by atoms with van der Waals surface area (Å²) in [6.45, 7) is 1.71. The SMILES string of the molecule is C[P@](=O)(C#Cc1ccccc1)c1ccccc1. The van der Waals surface area contributed by atoms with Crippen molar-refractivity contribution < 1.29 is 4.57 Å². The van der Waals surface area contributed by atoms with E-state index >= 15 is 0 Å². The first kappa shape index (κ1) is 11.7. The Labute approximate surface area is 102 Å². The van der Waals surface area contributed by atoms with Crippen LogP contribution >= 0.6 is 7.14 Å². The molecule has 0 fully saturated rings. The van der Waals surface area contributed by atoms with Crippen LogP contribution in [0.3, 0.4) is 0 Å². The molecule has 0 aromatic heterocycles. The van der Waals surface area contributed by atoms with Crippen LogP contribution in [0.4, 0.5) is 0 Å². The summed E-state index contributed by atoms with van der Waals surface area (Å²) in [6, 6.07) is 19.0. The topological polar surface area (TPSA) is 17.1 Å². The highest BCUT2D eigenvalue weighted by Gasteiger charge is 2.13. The van der Waals surface area contributed by atoms with E-state index in [4.69, 9.17) is 0 Å². The summed E-state index contributed by atoms with van der Waals surface area (Å²) in [4.78, 5) is 0. The van der Waals surface area contributed by atoms with Crippen LogP contribution < -0.4 is 5.30 Å². The fourth-order valence-corrected chi connectivity index (χ4v) is 2.68. The predicted molar refractivity (Wildman–Crippen MR) is 72.9 cm³/mol. The molecular weight excluding hydrogens is 227 g/mol. The van der Waals surface area contributed by atoms with Crippen LogP contribution in [0.15, 0.2) is 60.7 Å². The predicted octanol–water partition coefficient (Wildman–Crippen LogP) is 3.31. The lowest BCUT2D eigenvalue weighted by Gasteiger charge is -2.04. The van der Waals surface area contributed by atoms with E-state index in [1.54, 1.807) is 6.66 Å². The van der Waals surface area contributed by atoms with Gasteiger partial charge in [0.05, 0.1) is 0 Å². The van der Waals surface area contributed by atoms with Crippen LogP contribution in [0, 0.1) is 11.6 Å². The van der Waals surface area contributed by atoms with Crippen molar-refractivity contribution in [1.82, 2.24) is 0 Å². The molecule has 0 saturated carbocycles. The smallest absolute Gasteiger partial charge is 0.180 e. The quantitative estimate of drug-likeness (QED) is 0.552. The Hall–Kier alpha value is -1.77. The number of rotatable bonds is 1. The van der Waals surface area contributed by atoms with Gasteiger partial charge in [0.25, 0.3) is 0 Å². The summed E-state index contributed by atoms with van der Waals surface area (Å²) >= 11 is 0. The Morgan fingerprint density at radius 2 is 1.41 bits per heavy atom. The van der Waals surface area contributed by atoms with Gasteiger partial charge in [0.15, 0.2) is 7.14 Å². The number of hydrogen-bond donors (Lipinski definition) is 0. The molecule has 1 nitrogen and oxygen atoms in total. The van der Waals surface area contributed by atoms with Crippen molar-refractivity contribution in [3.63, 3.8) is 0 Å². The van der Waals surface area contributed by atoms with Crippen LogP contribution in [0.1, 0.15) is 5.56 Å². The second kappa shape index (κ2) is 5.04. The third kappa shape index (κ3) is 3.09. The van der Waals surface area contributed by atoms with Crippen LogP contribution in [0.2, 0.25) is 0 Å². The van der Waals surface area contributed by atoms with Crippen molar-refractivity contribution in [2.45, 2.75) is 0 Å². The maximum Gasteiger partial charge on any atom is 0.180 e. The zero-order chi connectivity index (χ0) is 12.1. The molecule has 0 aliphatic rings. The molecule has 2 aromatic rings. The minimum Gasteiger partial charge on any atom is -0.305 e. The van der Waals surface area contributed by atoms with Gasteiger partial charge in [-0.15, -0.1) is 0 Å². The van der Waals surface area contributed by atoms with E-state index in [2.05, 4.69) is 11.6 Å². The third-order valence-electron chi connectivity index (χ3n) is 2.44. The summed E-state index contributed by atoms with van der Waals surface area (Å²) in [5.74, 6) is 2.97. The molecule has 0 aliphatic heterocycles. The molecule has 0 saturated heterocycles. The Bertz CT molecular complexity index is 591. The van der Waals surface area contributed by atoms with E-state index in [9.17, 15) is 4.57 Å². The van der Waals surface area contributed by atoms with E-state index in [0.29, 0.717) is 0 Å². The van der Waals surface area contributed by atoms with E-state index in [1.165, 1.54) is 0 Å². The van der Waals surface area contributed by atoms with Crippen molar-refractivity contribution in [2.75, 3.05) is 6.66 Å². The van der Waals surface area contributed by atoms with Crippen LogP contribution in [-0.4, -0.2) is 6.66 Å². The number of hydrogen-bond acceptors (Lipinski definition) is 1. The summed E-state index contributed by atoms with van der Waals surface area (Å²) in [7, 11) is -2.57. The van der Waals surface area contributed by atoms with Crippen LogP contribution in [0.25, 0.3) is 0 Å². The van der Waals surface area contributed by atoms with Gasteiger partial charge >= 0.3 is 0 Å². The van der Waals surface area contributed by atoms with Gasteiger partial charge in [-0.25, -0.2) is 0 Å². The van der Waals surface area contributed by atoms with Crippen LogP contribution in [0.5, 0.6) is 0 Å². The third-order valence-corrected chi connectivity index (χ3v) is 4.26. The van der Waals surface area contributed by atoms with Gasteiger partial charge in [-0.05, 0) is 17.8 Å². The lowest BCUT2D eigenvalue weighted by molar-refractivity contribution is 0.591. The second-order valence-electron chi connectivity index (χ2n) is 3.86. The summed E-state index contributed by atoms with van der Waals surface area (Å²) in [6.07, 6.45) is 0.